The summed E-state index contributed by atoms with van der Waals surface area (Å²) in [6, 6.07) is 0.614. The first-order valence-corrected chi connectivity index (χ1v) is 12.9. The maximum Gasteiger partial charge on any atom is 0.0543 e. The zero-order valence-corrected chi connectivity index (χ0v) is 20.0. The number of nitrogens with zero attached hydrogens (tertiary/aromatic N) is 3. The first-order chi connectivity index (χ1) is 14.1. The monoisotopic (exact) mass is 403 g/mol. The molecule has 0 amide bonds. The summed E-state index contributed by atoms with van der Waals surface area (Å²) >= 11 is 0. The highest BCUT2D eigenvalue weighted by Crippen LogP contribution is 2.26. The summed E-state index contributed by atoms with van der Waals surface area (Å²) in [4.78, 5) is 2.69. The van der Waals surface area contributed by atoms with Crippen LogP contribution in [0.25, 0.3) is 0 Å². The second kappa shape index (κ2) is 14.2. The van der Waals surface area contributed by atoms with Gasteiger partial charge in [-0.05, 0) is 49.6 Å². The Morgan fingerprint density at radius 3 is 2.28 bits per heavy atom. The van der Waals surface area contributed by atoms with E-state index in [1.807, 2.05) is 0 Å². The van der Waals surface area contributed by atoms with Crippen LogP contribution in [0.2, 0.25) is 0 Å². The Labute approximate surface area is 181 Å². The molecule has 3 heteroatoms. The van der Waals surface area contributed by atoms with Crippen LogP contribution in [0.3, 0.4) is 0 Å². The number of hydrogen-bond donors (Lipinski definition) is 0. The van der Waals surface area contributed by atoms with E-state index in [9.17, 15) is 0 Å². The molecule has 1 aromatic heterocycles. The van der Waals surface area contributed by atoms with Gasteiger partial charge < -0.3 is 4.90 Å². The topological polar surface area (TPSA) is 21.1 Å². The lowest BCUT2D eigenvalue weighted by molar-refractivity contribution is 0.177. The number of aromatic nitrogens is 2. The van der Waals surface area contributed by atoms with Crippen molar-refractivity contribution in [1.29, 1.82) is 0 Å². The van der Waals surface area contributed by atoms with Crippen LogP contribution >= 0.6 is 0 Å². The summed E-state index contributed by atoms with van der Waals surface area (Å²) in [5.41, 5.74) is 1.45. The second-order valence-corrected chi connectivity index (χ2v) is 10.0. The van der Waals surface area contributed by atoms with Crippen LogP contribution in [0.5, 0.6) is 0 Å². The zero-order valence-electron chi connectivity index (χ0n) is 20.0. The fraction of sp³-hybridized carbons (Fsp3) is 0.885. The lowest BCUT2D eigenvalue weighted by Crippen LogP contribution is -2.35. The maximum absolute atomic E-state index is 4.74. The Morgan fingerprint density at radius 1 is 0.897 bits per heavy atom. The van der Waals surface area contributed by atoms with Gasteiger partial charge in [-0.15, -0.1) is 0 Å². The lowest BCUT2D eigenvalue weighted by atomic mass is 9.97. The third kappa shape index (κ3) is 9.68. The van der Waals surface area contributed by atoms with E-state index in [4.69, 9.17) is 5.10 Å². The van der Waals surface area contributed by atoms with Crippen LogP contribution in [0.4, 0.5) is 0 Å². The standard InChI is InChI=1S/C26H49N3/c1-5-6-7-12-15-24(4)25-21-27-29(22-25)26-16-19-28(20-17-26)18-13-10-8-9-11-14-23(2)3/h21-24,26H,5-20H2,1-4H3. The van der Waals surface area contributed by atoms with E-state index >= 15 is 0 Å². The fourth-order valence-electron chi connectivity index (χ4n) is 4.68. The molecule has 1 fully saturated rings. The average molecular weight is 404 g/mol. The SMILES string of the molecule is CCCCCCC(C)c1cnn(C2CCN(CCCCCCCC(C)C)CC2)c1. The Bertz CT molecular complexity index is 514. The van der Waals surface area contributed by atoms with Crippen molar-refractivity contribution in [2.75, 3.05) is 19.6 Å². The smallest absolute Gasteiger partial charge is 0.0543 e. The molecule has 0 aliphatic carbocycles. The normalized spacial score (nSPS) is 17.3. The van der Waals surface area contributed by atoms with Crippen LogP contribution in [-0.2, 0) is 0 Å². The van der Waals surface area contributed by atoms with E-state index < -0.39 is 0 Å². The summed E-state index contributed by atoms with van der Waals surface area (Å²) in [6.07, 6.45) is 22.2. The van der Waals surface area contributed by atoms with Crippen molar-refractivity contribution in [3.05, 3.63) is 18.0 Å². The first kappa shape index (κ1) is 24.4. The van der Waals surface area contributed by atoms with Gasteiger partial charge in [-0.25, -0.2) is 0 Å². The highest BCUT2D eigenvalue weighted by Gasteiger charge is 2.21. The van der Waals surface area contributed by atoms with Gasteiger partial charge >= 0.3 is 0 Å². The number of rotatable bonds is 15. The largest absolute Gasteiger partial charge is 0.303 e. The van der Waals surface area contributed by atoms with Gasteiger partial charge in [0.05, 0.1) is 12.2 Å². The Hall–Kier alpha value is -0.830. The number of likely N-dealkylation sites (tertiary alicyclic amines) is 1. The number of hydrogen-bond acceptors (Lipinski definition) is 2. The van der Waals surface area contributed by atoms with Crippen LogP contribution in [0.1, 0.15) is 129 Å². The Balaban J connectivity index is 1.58. The minimum Gasteiger partial charge on any atom is -0.303 e. The molecule has 1 aliphatic heterocycles. The van der Waals surface area contributed by atoms with Crippen molar-refractivity contribution in [3.8, 4) is 0 Å². The highest BCUT2D eigenvalue weighted by atomic mass is 15.3. The molecule has 0 N–H and O–H groups in total. The summed E-state index contributed by atoms with van der Waals surface area (Å²) < 4.78 is 2.28. The molecule has 0 spiro atoms. The molecule has 168 valence electrons. The van der Waals surface area contributed by atoms with Gasteiger partial charge in [0, 0.05) is 19.3 Å². The molecule has 1 atom stereocenters. The van der Waals surface area contributed by atoms with E-state index in [-0.39, 0.29) is 0 Å². The van der Waals surface area contributed by atoms with E-state index in [1.165, 1.54) is 109 Å². The average Bonchev–Trinajstić information content (AvgIpc) is 3.21. The summed E-state index contributed by atoms with van der Waals surface area (Å²) in [5.74, 6) is 1.53. The predicted octanol–water partition coefficient (Wildman–Crippen LogP) is 7.59. The van der Waals surface area contributed by atoms with Crippen molar-refractivity contribution in [2.24, 2.45) is 5.92 Å². The lowest BCUT2D eigenvalue weighted by Gasteiger charge is -2.32. The molecule has 0 aromatic carbocycles. The van der Waals surface area contributed by atoms with E-state index in [0.29, 0.717) is 12.0 Å². The van der Waals surface area contributed by atoms with Gasteiger partial charge in [0.1, 0.15) is 0 Å². The van der Waals surface area contributed by atoms with Gasteiger partial charge in [0.25, 0.3) is 0 Å². The second-order valence-electron chi connectivity index (χ2n) is 10.0. The van der Waals surface area contributed by atoms with Gasteiger partial charge in [-0.1, -0.05) is 85.5 Å². The molecular weight excluding hydrogens is 354 g/mol. The van der Waals surface area contributed by atoms with Crippen molar-refractivity contribution in [1.82, 2.24) is 14.7 Å². The summed E-state index contributed by atoms with van der Waals surface area (Å²) in [7, 11) is 0. The van der Waals surface area contributed by atoms with Crippen LogP contribution in [-0.4, -0.2) is 34.3 Å². The highest BCUT2D eigenvalue weighted by molar-refractivity contribution is 5.10. The minimum atomic E-state index is 0.614. The van der Waals surface area contributed by atoms with Gasteiger partial charge in [-0.3, -0.25) is 4.68 Å². The molecule has 0 bridgehead atoms. The fourth-order valence-corrected chi connectivity index (χ4v) is 4.68. The maximum atomic E-state index is 4.74. The Kier molecular flexibility index (Phi) is 12.0. The molecule has 1 unspecified atom stereocenters. The van der Waals surface area contributed by atoms with Gasteiger partial charge in [0.15, 0.2) is 0 Å². The van der Waals surface area contributed by atoms with Crippen LogP contribution in [0.15, 0.2) is 12.4 Å². The zero-order chi connectivity index (χ0) is 20.9. The quantitative estimate of drug-likeness (QED) is 0.281. The molecule has 2 heterocycles. The van der Waals surface area contributed by atoms with Crippen LogP contribution in [0, 0.1) is 5.92 Å². The van der Waals surface area contributed by atoms with Gasteiger partial charge in [-0.2, -0.15) is 5.10 Å². The number of piperidine rings is 1. The van der Waals surface area contributed by atoms with E-state index in [1.54, 1.807) is 0 Å². The molecule has 1 aromatic rings. The molecule has 0 saturated carbocycles. The minimum absolute atomic E-state index is 0.614. The number of unbranched alkanes of at least 4 members (excludes halogenated alkanes) is 7. The molecule has 0 radical (unpaired) electrons. The molecule has 1 saturated heterocycles. The van der Waals surface area contributed by atoms with Gasteiger partial charge in [0.2, 0.25) is 0 Å². The third-order valence-corrected chi connectivity index (χ3v) is 6.87. The Morgan fingerprint density at radius 2 is 1.55 bits per heavy atom. The summed E-state index contributed by atoms with van der Waals surface area (Å²) in [5, 5.41) is 4.74. The van der Waals surface area contributed by atoms with E-state index in [2.05, 4.69) is 49.7 Å². The molecule has 2 rings (SSSR count). The third-order valence-electron chi connectivity index (χ3n) is 6.87. The molecular formula is C26H49N3. The van der Waals surface area contributed by atoms with Crippen LogP contribution < -0.4 is 0 Å². The van der Waals surface area contributed by atoms with Crippen molar-refractivity contribution >= 4 is 0 Å². The molecule has 29 heavy (non-hydrogen) atoms. The predicted molar refractivity (Wildman–Crippen MR) is 127 cm³/mol. The van der Waals surface area contributed by atoms with Crippen molar-refractivity contribution < 1.29 is 0 Å². The summed E-state index contributed by atoms with van der Waals surface area (Å²) in [6.45, 7) is 13.1. The first-order valence-electron chi connectivity index (χ1n) is 12.9. The molecule has 1 aliphatic rings. The van der Waals surface area contributed by atoms with Crippen molar-refractivity contribution in [3.63, 3.8) is 0 Å². The molecule has 3 nitrogen and oxygen atoms in total. The van der Waals surface area contributed by atoms with Crippen molar-refractivity contribution in [2.45, 2.75) is 123 Å². The van der Waals surface area contributed by atoms with E-state index in [0.717, 1.165) is 5.92 Å².